The number of carbonyl (C=O) groups excluding carboxylic acids is 2. The number of rotatable bonds is 8. The van der Waals surface area contributed by atoms with Gasteiger partial charge in [-0.25, -0.2) is 13.4 Å². The highest BCUT2D eigenvalue weighted by atomic mass is 32.2. The standard InChI is InChI=1S/C28H24N4O4S2/c33-26-19-37-28(32(26)18-20-6-2-1-3-7-20)22-11-9-21(10-12-22)27(34)30-23-13-15-24(16-14-23)38(35,36)31-25-8-4-5-17-29-25/h1-17,28H,18-19H2,(H,29,31)(H,30,34)/t28-/m1/s1. The predicted octanol–water partition coefficient (Wildman–Crippen LogP) is 4.91. The zero-order valence-corrected chi connectivity index (χ0v) is 21.8. The SMILES string of the molecule is O=C(Nc1ccc(S(=O)(=O)Nc2ccccn2)cc1)c1ccc([C@H]2SCC(=O)N2Cc2ccccc2)cc1. The minimum Gasteiger partial charge on any atom is -0.322 e. The number of sulfonamides is 1. The molecule has 1 atom stereocenters. The van der Waals surface area contributed by atoms with Crippen molar-refractivity contribution in [2.24, 2.45) is 0 Å². The van der Waals surface area contributed by atoms with Crippen molar-refractivity contribution in [3.63, 3.8) is 0 Å². The van der Waals surface area contributed by atoms with Gasteiger partial charge >= 0.3 is 0 Å². The largest absolute Gasteiger partial charge is 0.322 e. The van der Waals surface area contributed by atoms with Crippen LogP contribution in [-0.2, 0) is 21.4 Å². The van der Waals surface area contributed by atoms with E-state index < -0.39 is 10.0 Å². The van der Waals surface area contributed by atoms with Crippen molar-refractivity contribution in [3.8, 4) is 0 Å². The van der Waals surface area contributed by atoms with E-state index >= 15 is 0 Å². The van der Waals surface area contributed by atoms with Crippen LogP contribution >= 0.6 is 11.8 Å². The first-order chi connectivity index (χ1) is 18.4. The number of anilines is 2. The summed E-state index contributed by atoms with van der Waals surface area (Å²) in [5, 5.41) is 2.67. The number of amides is 2. The molecule has 5 rings (SSSR count). The van der Waals surface area contributed by atoms with E-state index in [-0.39, 0.29) is 27.9 Å². The number of aromatic nitrogens is 1. The Bertz CT molecular complexity index is 1530. The highest BCUT2D eigenvalue weighted by Crippen LogP contribution is 2.39. The number of nitrogens with one attached hydrogen (secondary N) is 2. The van der Waals surface area contributed by atoms with Gasteiger partial charge in [0.2, 0.25) is 5.91 Å². The molecule has 38 heavy (non-hydrogen) atoms. The van der Waals surface area contributed by atoms with Crippen LogP contribution in [0, 0.1) is 0 Å². The third-order valence-electron chi connectivity index (χ3n) is 5.95. The third-order valence-corrected chi connectivity index (χ3v) is 8.57. The molecule has 3 aromatic carbocycles. The van der Waals surface area contributed by atoms with Crippen LogP contribution in [-0.4, -0.2) is 35.9 Å². The monoisotopic (exact) mass is 544 g/mol. The topological polar surface area (TPSA) is 108 Å². The molecule has 1 fully saturated rings. The van der Waals surface area contributed by atoms with E-state index in [9.17, 15) is 18.0 Å². The lowest BCUT2D eigenvalue weighted by Crippen LogP contribution is -2.27. The van der Waals surface area contributed by atoms with Crippen molar-refractivity contribution in [2.45, 2.75) is 16.8 Å². The molecule has 4 aromatic rings. The number of benzene rings is 3. The number of hydrogen-bond donors (Lipinski definition) is 2. The summed E-state index contributed by atoms with van der Waals surface area (Å²) < 4.78 is 27.6. The van der Waals surface area contributed by atoms with Gasteiger partial charge in [0.1, 0.15) is 11.2 Å². The Morgan fingerprint density at radius 3 is 2.32 bits per heavy atom. The Balaban J connectivity index is 1.23. The highest BCUT2D eigenvalue weighted by molar-refractivity contribution is 8.00. The van der Waals surface area contributed by atoms with Crippen LogP contribution in [0.3, 0.4) is 0 Å². The summed E-state index contributed by atoms with van der Waals surface area (Å²) in [7, 11) is -3.81. The quantitative estimate of drug-likeness (QED) is 0.326. The number of thioether (sulfide) groups is 1. The fraction of sp³-hybridized carbons (Fsp3) is 0.107. The van der Waals surface area contributed by atoms with Crippen molar-refractivity contribution in [1.29, 1.82) is 0 Å². The lowest BCUT2D eigenvalue weighted by atomic mass is 10.1. The van der Waals surface area contributed by atoms with Crippen LogP contribution in [0.4, 0.5) is 11.5 Å². The number of hydrogen-bond acceptors (Lipinski definition) is 6. The maximum absolute atomic E-state index is 12.8. The van der Waals surface area contributed by atoms with Gasteiger partial charge in [-0.2, -0.15) is 0 Å². The van der Waals surface area contributed by atoms with Crippen LogP contribution in [0.15, 0.2) is 108 Å². The molecule has 0 radical (unpaired) electrons. The number of pyridine rings is 1. The van der Waals surface area contributed by atoms with Crippen molar-refractivity contribution < 1.29 is 18.0 Å². The Hall–Kier alpha value is -4.15. The number of carbonyl (C=O) groups is 2. The van der Waals surface area contributed by atoms with Crippen LogP contribution in [0.25, 0.3) is 0 Å². The number of nitrogens with zero attached hydrogens (tertiary/aromatic N) is 2. The van der Waals surface area contributed by atoms with E-state index in [0.717, 1.165) is 11.1 Å². The maximum Gasteiger partial charge on any atom is 0.263 e. The molecule has 1 aliphatic rings. The Morgan fingerprint density at radius 2 is 1.63 bits per heavy atom. The minimum atomic E-state index is -3.81. The Morgan fingerprint density at radius 1 is 0.921 bits per heavy atom. The third kappa shape index (κ3) is 5.87. The Labute approximate surface area is 225 Å². The molecule has 10 heteroatoms. The zero-order valence-electron chi connectivity index (χ0n) is 20.2. The normalized spacial score (nSPS) is 15.3. The minimum absolute atomic E-state index is 0.0502. The van der Waals surface area contributed by atoms with Gasteiger partial charge in [-0.05, 0) is 59.7 Å². The van der Waals surface area contributed by atoms with Gasteiger partial charge in [-0.15, -0.1) is 11.8 Å². The first-order valence-electron chi connectivity index (χ1n) is 11.8. The van der Waals surface area contributed by atoms with Gasteiger partial charge in [0.15, 0.2) is 0 Å². The fourth-order valence-corrected chi connectivity index (χ4v) is 6.22. The Kier molecular flexibility index (Phi) is 7.43. The predicted molar refractivity (Wildman–Crippen MR) is 148 cm³/mol. The van der Waals surface area contributed by atoms with Gasteiger partial charge in [0, 0.05) is 24.0 Å². The van der Waals surface area contributed by atoms with Crippen LogP contribution in [0.5, 0.6) is 0 Å². The summed E-state index contributed by atoms with van der Waals surface area (Å²) in [6.45, 7) is 0.530. The molecule has 0 bridgehead atoms. The average molecular weight is 545 g/mol. The smallest absolute Gasteiger partial charge is 0.263 e. The fourth-order valence-electron chi connectivity index (χ4n) is 4.02. The van der Waals surface area contributed by atoms with Crippen LogP contribution < -0.4 is 10.0 Å². The highest BCUT2D eigenvalue weighted by Gasteiger charge is 2.32. The van der Waals surface area contributed by atoms with E-state index in [2.05, 4.69) is 15.0 Å². The summed E-state index contributed by atoms with van der Waals surface area (Å²) >= 11 is 1.57. The van der Waals surface area contributed by atoms with Crippen LogP contribution in [0.2, 0.25) is 0 Å². The molecule has 1 aliphatic heterocycles. The van der Waals surface area contributed by atoms with Gasteiger partial charge in [-0.3, -0.25) is 14.3 Å². The summed E-state index contributed by atoms with van der Waals surface area (Å²) in [6, 6.07) is 27.9. The van der Waals surface area contributed by atoms with Crippen molar-refractivity contribution in [2.75, 3.05) is 15.8 Å². The molecule has 2 heterocycles. The summed E-state index contributed by atoms with van der Waals surface area (Å²) in [5.74, 6) is 0.404. The molecule has 2 N–H and O–H groups in total. The average Bonchev–Trinajstić information content (AvgIpc) is 3.29. The molecule has 8 nitrogen and oxygen atoms in total. The second-order valence-corrected chi connectivity index (χ2v) is 11.3. The molecule has 1 aromatic heterocycles. The van der Waals surface area contributed by atoms with Crippen molar-refractivity contribution in [3.05, 3.63) is 120 Å². The second kappa shape index (κ2) is 11.1. The molecule has 2 amide bonds. The maximum atomic E-state index is 12.8. The van der Waals surface area contributed by atoms with Crippen molar-refractivity contribution >= 4 is 45.1 Å². The molecular weight excluding hydrogens is 520 g/mol. The molecule has 0 unspecified atom stereocenters. The molecule has 1 saturated heterocycles. The van der Waals surface area contributed by atoms with Gasteiger partial charge in [0.05, 0.1) is 10.6 Å². The summed E-state index contributed by atoms with van der Waals surface area (Å²) in [4.78, 5) is 31.2. The first-order valence-corrected chi connectivity index (χ1v) is 14.3. The van der Waals surface area contributed by atoms with E-state index in [0.29, 0.717) is 23.5 Å². The lowest BCUT2D eigenvalue weighted by molar-refractivity contribution is -0.128. The molecular formula is C28H24N4O4S2. The molecule has 0 spiro atoms. The second-order valence-electron chi connectivity index (χ2n) is 8.59. The summed E-state index contributed by atoms with van der Waals surface area (Å²) in [6.07, 6.45) is 1.50. The summed E-state index contributed by atoms with van der Waals surface area (Å²) in [5.41, 5.74) is 2.92. The van der Waals surface area contributed by atoms with E-state index in [4.69, 9.17) is 0 Å². The van der Waals surface area contributed by atoms with E-state index in [1.807, 2.05) is 47.4 Å². The van der Waals surface area contributed by atoms with E-state index in [1.54, 1.807) is 42.1 Å². The van der Waals surface area contributed by atoms with Gasteiger partial charge < -0.3 is 10.2 Å². The van der Waals surface area contributed by atoms with Gasteiger partial charge in [-0.1, -0.05) is 48.5 Å². The lowest BCUT2D eigenvalue weighted by Gasteiger charge is -2.24. The zero-order chi connectivity index (χ0) is 26.5. The van der Waals surface area contributed by atoms with Crippen molar-refractivity contribution in [1.82, 2.24) is 9.88 Å². The van der Waals surface area contributed by atoms with E-state index in [1.165, 1.54) is 30.5 Å². The van der Waals surface area contributed by atoms with Gasteiger partial charge in [0.25, 0.3) is 15.9 Å². The van der Waals surface area contributed by atoms with Crippen LogP contribution in [0.1, 0.15) is 26.9 Å². The molecule has 0 saturated carbocycles. The molecule has 192 valence electrons. The molecule has 0 aliphatic carbocycles. The first kappa shape index (κ1) is 25.5.